The zero-order valence-corrected chi connectivity index (χ0v) is 11.9. The summed E-state index contributed by atoms with van der Waals surface area (Å²) in [6.45, 7) is 7.92. The van der Waals surface area contributed by atoms with Crippen molar-refractivity contribution in [2.24, 2.45) is 0 Å². The lowest BCUT2D eigenvalue weighted by atomic mass is 10.1. The Bertz CT molecular complexity index is 401. The highest BCUT2D eigenvalue weighted by molar-refractivity contribution is 5.99. The number of aryl methyl sites for hydroxylation is 1. The second-order valence-electron chi connectivity index (χ2n) is 4.70. The number of carbonyl (C=O) groups is 1. The molecule has 0 spiro atoms. The average Bonchev–Trinajstić information content (AvgIpc) is 2.36. The molecule has 18 heavy (non-hydrogen) atoms. The molecule has 3 nitrogen and oxygen atoms in total. The second-order valence-corrected chi connectivity index (χ2v) is 4.70. The minimum atomic E-state index is 0.0930. The Kier molecular flexibility index (Phi) is 5.69. The van der Waals surface area contributed by atoms with E-state index in [4.69, 9.17) is 0 Å². The number of nitrogens with one attached hydrogen (secondary N) is 1. The first kappa shape index (κ1) is 14.6. The molecule has 0 saturated carbocycles. The summed E-state index contributed by atoms with van der Waals surface area (Å²) in [7, 11) is 1.86. The van der Waals surface area contributed by atoms with E-state index in [1.54, 1.807) is 4.90 Å². The number of carbonyl (C=O) groups excluding carboxylic acids is 1. The zero-order chi connectivity index (χ0) is 13.5. The van der Waals surface area contributed by atoms with Crippen molar-refractivity contribution in [1.82, 2.24) is 4.90 Å². The van der Waals surface area contributed by atoms with E-state index < -0.39 is 0 Å². The molecule has 1 amide bonds. The van der Waals surface area contributed by atoms with E-state index in [1.165, 1.54) is 5.56 Å². The molecular weight excluding hydrogens is 224 g/mol. The van der Waals surface area contributed by atoms with Gasteiger partial charge in [0.15, 0.2) is 0 Å². The Morgan fingerprint density at radius 1 is 1.28 bits per heavy atom. The van der Waals surface area contributed by atoms with Crippen LogP contribution in [0.15, 0.2) is 18.2 Å². The van der Waals surface area contributed by atoms with Gasteiger partial charge in [-0.05, 0) is 37.5 Å². The fourth-order valence-electron chi connectivity index (χ4n) is 1.89. The third-order valence-corrected chi connectivity index (χ3v) is 2.88. The van der Waals surface area contributed by atoms with Crippen molar-refractivity contribution < 1.29 is 4.79 Å². The van der Waals surface area contributed by atoms with Crippen LogP contribution in [0.5, 0.6) is 0 Å². The van der Waals surface area contributed by atoms with Crippen LogP contribution in [0.4, 0.5) is 5.69 Å². The summed E-state index contributed by atoms with van der Waals surface area (Å²) in [6.07, 6.45) is 2.03. The van der Waals surface area contributed by atoms with Crippen molar-refractivity contribution in [1.29, 1.82) is 0 Å². The molecule has 0 atom stereocenters. The molecule has 0 aliphatic carbocycles. The molecule has 0 bridgehead atoms. The maximum absolute atomic E-state index is 12.3. The van der Waals surface area contributed by atoms with Gasteiger partial charge in [-0.2, -0.15) is 0 Å². The molecule has 0 radical (unpaired) electrons. The van der Waals surface area contributed by atoms with E-state index in [-0.39, 0.29) is 5.91 Å². The van der Waals surface area contributed by atoms with E-state index in [2.05, 4.69) is 19.2 Å². The number of benzene rings is 1. The second kappa shape index (κ2) is 7.04. The first-order valence-electron chi connectivity index (χ1n) is 6.70. The van der Waals surface area contributed by atoms with Crippen LogP contribution in [0, 0.1) is 6.92 Å². The van der Waals surface area contributed by atoms with Gasteiger partial charge < -0.3 is 10.2 Å². The van der Waals surface area contributed by atoms with Gasteiger partial charge in [0.25, 0.3) is 5.91 Å². The normalized spacial score (nSPS) is 10.2. The van der Waals surface area contributed by atoms with Gasteiger partial charge in [-0.3, -0.25) is 4.79 Å². The summed E-state index contributed by atoms with van der Waals surface area (Å²) in [5.74, 6) is 0.0930. The Morgan fingerprint density at radius 3 is 2.61 bits per heavy atom. The number of hydrogen-bond donors (Lipinski definition) is 1. The Balaban J connectivity index is 2.95. The number of amides is 1. The maximum Gasteiger partial charge on any atom is 0.255 e. The Labute approximate surface area is 110 Å². The van der Waals surface area contributed by atoms with Crippen LogP contribution in [0.1, 0.15) is 42.6 Å². The molecular formula is C15H24N2O. The summed E-state index contributed by atoms with van der Waals surface area (Å²) in [5, 5.41) is 3.33. The fourth-order valence-corrected chi connectivity index (χ4v) is 1.89. The summed E-state index contributed by atoms with van der Waals surface area (Å²) in [5.41, 5.74) is 2.89. The molecule has 0 aliphatic heterocycles. The monoisotopic (exact) mass is 248 g/mol. The van der Waals surface area contributed by atoms with Crippen molar-refractivity contribution in [2.75, 3.05) is 25.5 Å². The van der Waals surface area contributed by atoms with E-state index in [9.17, 15) is 4.79 Å². The van der Waals surface area contributed by atoms with E-state index in [1.807, 2.05) is 32.2 Å². The molecule has 3 heteroatoms. The minimum Gasteiger partial charge on any atom is -0.384 e. The minimum absolute atomic E-state index is 0.0930. The largest absolute Gasteiger partial charge is 0.384 e. The number of anilines is 1. The first-order chi connectivity index (χ1) is 8.60. The predicted molar refractivity (Wildman–Crippen MR) is 77.2 cm³/mol. The molecule has 1 N–H and O–H groups in total. The summed E-state index contributed by atoms with van der Waals surface area (Å²) in [4.78, 5) is 14.1. The molecule has 1 aromatic carbocycles. The van der Waals surface area contributed by atoms with Gasteiger partial charge in [-0.25, -0.2) is 0 Å². The van der Waals surface area contributed by atoms with Crippen molar-refractivity contribution in [2.45, 2.75) is 33.6 Å². The quantitative estimate of drug-likeness (QED) is 0.837. The van der Waals surface area contributed by atoms with Crippen LogP contribution in [0.25, 0.3) is 0 Å². The van der Waals surface area contributed by atoms with E-state index in [0.717, 1.165) is 37.2 Å². The van der Waals surface area contributed by atoms with Crippen molar-refractivity contribution >= 4 is 11.6 Å². The molecule has 1 aromatic rings. The topological polar surface area (TPSA) is 32.3 Å². The summed E-state index contributed by atoms with van der Waals surface area (Å²) in [6, 6.07) is 5.95. The molecule has 0 fully saturated rings. The predicted octanol–water partition coefficient (Wildman–Crippen LogP) is 3.30. The van der Waals surface area contributed by atoms with E-state index in [0.29, 0.717) is 0 Å². The summed E-state index contributed by atoms with van der Waals surface area (Å²) < 4.78 is 0. The SMILES string of the molecule is CCCNc1cc(C)ccc1C(=O)N(C)CCC. The lowest BCUT2D eigenvalue weighted by Gasteiger charge is -2.19. The third kappa shape index (κ3) is 3.76. The zero-order valence-electron chi connectivity index (χ0n) is 11.9. The van der Waals surface area contributed by atoms with Gasteiger partial charge in [-0.15, -0.1) is 0 Å². The van der Waals surface area contributed by atoms with Crippen LogP contribution >= 0.6 is 0 Å². The number of nitrogens with zero attached hydrogens (tertiary/aromatic N) is 1. The Morgan fingerprint density at radius 2 is 2.00 bits per heavy atom. The highest BCUT2D eigenvalue weighted by Gasteiger charge is 2.14. The highest BCUT2D eigenvalue weighted by atomic mass is 16.2. The fraction of sp³-hybridized carbons (Fsp3) is 0.533. The first-order valence-corrected chi connectivity index (χ1v) is 6.70. The Hall–Kier alpha value is -1.51. The maximum atomic E-state index is 12.3. The molecule has 0 heterocycles. The van der Waals surface area contributed by atoms with Gasteiger partial charge in [0, 0.05) is 25.8 Å². The van der Waals surface area contributed by atoms with Gasteiger partial charge in [0.05, 0.1) is 5.56 Å². The summed E-state index contributed by atoms with van der Waals surface area (Å²) >= 11 is 0. The molecule has 0 aliphatic rings. The van der Waals surface area contributed by atoms with Gasteiger partial charge >= 0.3 is 0 Å². The van der Waals surface area contributed by atoms with Crippen LogP contribution in [-0.2, 0) is 0 Å². The van der Waals surface area contributed by atoms with Crippen LogP contribution < -0.4 is 5.32 Å². The molecule has 0 unspecified atom stereocenters. The average molecular weight is 248 g/mol. The smallest absolute Gasteiger partial charge is 0.255 e. The standard InChI is InChI=1S/C15H24N2O/c1-5-9-16-14-11-12(3)7-8-13(14)15(18)17(4)10-6-2/h7-8,11,16H,5-6,9-10H2,1-4H3. The van der Waals surface area contributed by atoms with Crippen LogP contribution in [-0.4, -0.2) is 30.9 Å². The third-order valence-electron chi connectivity index (χ3n) is 2.88. The highest BCUT2D eigenvalue weighted by Crippen LogP contribution is 2.19. The molecule has 100 valence electrons. The lowest BCUT2D eigenvalue weighted by molar-refractivity contribution is 0.0796. The van der Waals surface area contributed by atoms with Crippen molar-refractivity contribution in [3.8, 4) is 0 Å². The number of hydrogen-bond acceptors (Lipinski definition) is 2. The molecule has 1 rings (SSSR count). The number of rotatable bonds is 6. The van der Waals surface area contributed by atoms with Gasteiger partial charge in [0.2, 0.25) is 0 Å². The van der Waals surface area contributed by atoms with Crippen LogP contribution in [0.2, 0.25) is 0 Å². The van der Waals surface area contributed by atoms with Crippen molar-refractivity contribution in [3.05, 3.63) is 29.3 Å². The van der Waals surface area contributed by atoms with Gasteiger partial charge in [-0.1, -0.05) is 19.9 Å². The van der Waals surface area contributed by atoms with E-state index >= 15 is 0 Å². The van der Waals surface area contributed by atoms with Gasteiger partial charge in [0.1, 0.15) is 0 Å². The molecule has 0 aromatic heterocycles. The molecule has 0 saturated heterocycles. The lowest BCUT2D eigenvalue weighted by Crippen LogP contribution is -2.28. The van der Waals surface area contributed by atoms with Crippen molar-refractivity contribution in [3.63, 3.8) is 0 Å². The van der Waals surface area contributed by atoms with Crippen LogP contribution in [0.3, 0.4) is 0 Å².